The summed E-state index contributed by atoms with van der Waals surface area (Å²) in [7, 11) is 0. The van der Waals surface area contributed by atoms with Crippen LogP contribution in [0.25, 0.3) is 0 Å². The van der Waals surface area contributed by atoms with Crippen LogP contribution in [0.5, 0.6) is 0 Å². The van der Waals surface area contributed by atoms with Crippen LogP contribution < -0.4 is 10.6 Å². The largest absolute Gasteiger partial charge is 0.325 e. The predicted molar refractivity (Wildman–Crippen MR) is 127 cm³/mol. The average molecular weight is 467 g/mol. The second-order valence-electron chi connectivity index (χ2n) is 8.82. The Morgan fingerprint density at radius 1 is 0.857 bits per heavy atom. The quantitative estimate of drug-likeness (QED) is 0.448. The SMILES string of the molecule is Cc1ccc(C2(C)NC(=O)N(CC(=O)Nc3ccc4c(c3)C(=O)c3ccccc3C4=O)C2=O)cc1. The van der Waals surface area contributed by atoms with Gasteiger partial charge in [0.25, 0.3) is 5.91 Å². The smallest absolute Gasteiger partial charge is 0.325 e. The van der Waals surface area contributed by atoms with Gasteiger partial charge in [0.05, 0.1) is 0 Å². The van der Waals surface area contributed by atoms with Crippen molar-refractivity contribution < 1.29 is 24.0 Å². The van der Waals surface area contributed by atoms with Crippen molar-refractivity contribution in [2.24, 2.45) is 0 Å². The third-order valence-electron chi connectivity index (χ3n) is 6.41. The van der Waals surface area contributed by atoms with Gasteiger partial charge in [0.2, 0.25) is 5.91 Å². The summed E-state index contributed by atoms with van der Waals surface area (Å²) in [5, 5.41) is 5.29. The first kappa shape index (κ1) is 22.2. The zero-order valence-electron chi connectivity index (χ0n) is 19.0. The molecule has 1 aliphatic carbocycles. The van der Waals surface area contributed by atoms with Gasteiger partial charge >= 0.3 is 6.03 Å². The number of carbonyl (C=O) groups excluding carboxylic acids is 5. The van der Waals surface area contributed by atoms with Crippen molar-refractivity contribution in [1.29, 1.82) is 0 Å². The van der Waals surface area contributed by atoms with Crippen LogP contribution in [0.2, 0.25) is 0 Å². The molecule has 3 aromatic rings. The van der Waals surface area contributed by atoms with Crippen LogP contribution >= 0.6 is 0 Å². The van der Waals surface area contributed by atoms with Crippen LogP contribution in [0.4, 0.5) is 10.5 Å². The molecule has 0 saturated carbocycles. The highest BCUT2D eigenvalue weighted by Crippen LogP contribution is 2.30. The molecule has 1 fully saturated rings. The van der Waals surface area contributed by atoms with Gasteiger partial charge in [-0.05, 0) is 37.6 Å². The molecule has 1 saturated heterocycles. The lowest BCUT2D eigenvalue weighted by atomic mass is 9.84. The Balaban J connectivity index is 1.33. The molecule has 2 aliphatic rings. The summed E-state index contributed by atoms with van der Waals surface area (Å²) in [6, 6.07) is 17.6. The van der Waals surface area contributed by atoms with Gasteiger partial charge in [0, 0.05) is 27.9 Å². The van der Waals surface area contributed by atoms with E-state index in [0.29, 0.717) is 16.7 Å². The summed E-state index contributed by atoms with van der Waals surface area (Å²) >= 11 is 0. The van der Waals surface area contributed by atoms with Gasteiger partial charge < -0.3 is 10.6 Å². The Morgan fingerprint density at radius 3 is 2.11 bits per heavy atom. The Morgan fingerprint density at radius 2 is 1.46 bits per heavy atom. The molecule has 0 aromatic heterocycles. The van der Waals surface area contributed by atoms with Crippen LogP contribution in [0.1, 0.15) is 49.9 Å². The molecular weight excluding hydrogens is 446 g/mol. The summed E-state index contributed by atoms with van der Waals surface area (Å²) in [5.74, 6) is -1.72. The Hall–Kier alpha value is -4.59. The van der Waals surface area contributed by atoms with Crippen molar-refractivity contribution in [3.8, 4) is 0 Å². The second kappa shape index (κ2) is 8.02. The fraction of sp³-hybridized carbons (Fsp3) is 0.148. The van der Waals surface area contributed by atoms with E-state index in [4.69, 9.17) is 0 Å². The summed E-state index contributed by atoms with van der Waals surface area (Å²) in [4.78, 5) is 64.9. The normalized spacial score (nSPS) is 18.7. The molecule has 1 atom stereocenters. The molecule has 174 valence electrons. The number of rotatable bonds is 4. The Bertz CT molecular complexity index is 1440. The number of imide groups is 1. The number of urea groups is 1. The molecule has 1 aliphatic heterocycles. The van der Waals surface area contributed by atoms with E-state index in [-0.39, 0.29) is 28.4 Å². The number of aryl methyl sites for hydroxylation is 1. The van der Waals surface area contributed by atoms with Crippen molar-refractivity contribution in [3.05, 3.63) is 100 Å². The van der Waals surface area contributed by atoms with Gasteiger partial charge in [0.1, 0.15) is 12.1 Å². The fourth-order valence-electron chi connectivity index (χ4n) is 4.44. The monoisotopic (exact) mass is 467 g/mol. The van der Waals surface area contributed by atoms with Crippen molar-refractivity contribution in [3.63, 3.8) is 0 Å². The van der Waals surface area contributed by atoms with E-state index in [1.165, 1.54) is 18.2 Å². The van der Waals surface area contributed by atoms with Gasteiger partial charge in [-0.15, -0.1) is 0 Å². The van der Waals surface area contributed by atoms with E-state index < -0.39 is 29.9 Å². The van der Waals surface area contributed by atoms with E-state index in [1.807, 2.05) is 19.1 Å². The maximum Gasteiger partial charge on any atom is 0.325 e. The van der Waals surface area contributed by atoms with Crippen molar-refractivity contribution in [1.82, 2.24) is 10.2 Å². The maximum atomic E-state index is 13.1. The number of fused-ring (bicyclic) bond motifs is 2. The van der Waals surface area contributed by atoms with Crippen LogP contribution in [-0.2, 0) is 15.1 Å². The highest BCUT2D eigenvalue weighted by atomic mass is 16.2. The lowest BCUT2D eigenvalue weighted by Gasteiger charge is -2.22. The van der Waals surface area contributed by atoms with E-state index in [0.717, 1.165) is 10.5 Å². The van der Waals surface area contributed by atoms with E-state index in [1.54, 1.807) is 43.3 Å². The number of nitrogens with one attached hydrogen (secondary N) is 2. The second-order valence-corrected chi connectivity index (χ2v) is 8.82. The lowest BCUT2D eigenvalue weighted by Crippen LogP contribution is -2.42. The van der Waals surface area contributed by atoms with E-state index >= 15 is 0 Å². The minimum Gasteiger partial charge on any atom is -0.325 e. The first-order valence-corrected chi connectivity index (χ1v) is 11.0. The first-order valence-electron chi connectivity index (χ1n) is 11.0. The van der Waals surface area contributed by atoms with Crippen molar-refractivity contribution >= 4 is 35.1 Å². The number of hydrogen-bond donors (Lipinski definition) is 2. The topological polar surface area (TPSA) is 113 Å². The first-order chi connectivity index (χ1) is 16.7. The minimum atomic E-state index is -1.28. The molecule has 35 heavy (non-hydrogen) atoms. The molecule has 0 spiro atoms. The number of hydrogen-bond acceptors (Lipinski definition) is 5. The molecule has 2 N–H and O–H groups in total. The number of amides is 4. The van der Waals surface area contributed by atoms with Crippen LogP contribution in [0, 0.1) is 6.92 Å². The lowest BCUT2D eigenvalue weighted by molar-refractivity contribution is -0.133. The van der Waals surface area contributed by atoms with Crippen LogP contribution in [0.3, 0.4) is 0 Å². The molecule has 1 heterocycles. The standard InChI is InChI=1S/C27H21N3O5/c1-15-7-9-16(10-8-15)27(2)25(34)30(26(35)29-27)14-22(31)28-17-11-12-20-21(13-17)24(33)19-6-4-3-5-18(19)23(20)32/h3-13H,14H2,1-2H3,(H,28,31)(H,29,35). The van der Waals surface area contributed by atoms with Crippen molar-refractivity contribution in [2.45, 2.75) is 19.4 Å². The Labute approximate surface area is 200 Å². The molecule has 8 nitrogen and oxygen atoms in total. The highest BCUT2D eigenvalue weighted by molar-refractivity contribution is 6.28. The molecule has 1 unspecified atom stereocenters. The average Bonchev–Trinajstić information content (AvgIpc) is 3.06. The zero-order chi connectivity index (χ0) is 24.9. The third-order valence-corrected chi connectivity index (χ3v) is 6.41. The van der Waals surface area contributed by atoms with E-state index in [2.05, 4.69) is 10.6 Å². The molecule has 5 rings (SSSR count). The number of ketones is 2. The summed E-state index contributed by atoms with van der Waals surface area (Å²) in [6.07, 6.45) is 0. The zero-order valence-corrected chi connectivity index (χ0v) is 19.0. The number of carbonyl (C=O) groups is 5. The number of benzene rings is 3. The molecule has 0 radical (unpaired) electrons. The molecule has 8 heteroatoms. The van der Waals surface area contributed by atoms with Crippen molar-refractivity contribution in [2.75, 3.05) is 11.9 Å². The van der Waals surface area contributed by atoms with Gasteiger partial charge in [-0.3, -0.25) is 24.1 Å². The van der Waals surface area contributed by atoms with Crippen LogP contribution in [0.15, 0.2) is 66.7 Å². The van der Waals surface area contributed by atoms with Gasteiger partial charge in [-0.25, -0.2) is 4.79 Å². The molecule has 3 aromatic carbocycles. The van der Waals surface area contributed by atoms with Gasteiger partial charge in [0.15, 0.2) is 11.6 Å². The van der Waals surface area contributed by atoms with Gasteiger partial charge in [-0.1, -0.05) is 54.1 Å². The van der Waals surface area contributed by atoms with E-state index in [9.17, 15) is 24.0 Å². The van der Waals surface area contributed by atoms with Gasteiger partial charge in [-0.2, -0.15) is 0 Å². The predicted octanol–water partition coefficient (Wildman–Crippen LogP) is 3.18. The fourth-order valence-corrected chi connectivity index (χ4v) is 4.44. The maximum absolute atomic E-state index is 13.1. The summed E-state index contributed by atoms with van der Waals surface area (Å²) < 4.78 is 0. The highest BCUT2D eigenvalue weighted by Gasteiger charge is 2.49. The number of anilines is 1. The third kappa shape index (κ3) is 3.59. The molecular formula is C27H21N3O5. The Kier molecular flexibility index (Phi) is 5.09. The minimum absolute atomic E-state index is 0.188. The summed E-state index contributed by atoms with van der Waals surface area (Å²) in [6.45, 7) is 3.01. The molecule has 4 amide bonds. The summed E-state index contributed by atoms with van der Waals surface area (Å²) in [5.41, 5.74) is 1.73. The number of nitrogens with zero attached hydrogens (tertiary/aromatic N) is 1. The molecule has 0 bridgehead atoms. The van der Waals surface area contributed by atoms with Crippen LogP contribution in [-0.4, -0.2) is 40.9 Å².